The van der Waals surface area contributed by atoms with Gasteiger partial charge in [-0.2, -0.15) is 5.10 Å². The summed E-state index contributed by atoms with van der Waals surface area (Å²) in [6.45, 7) is 5.16. The average molecular weight is 278 g/mol. The molecule has 3 nitrogen and oxygen atoms in total. The fourth-order valence-corrected chi connectivity index (χ4v) is 3.18. The second-order valence-electron chi connectivity index (χ2n) is 6.16. The van der Waals surface area contributed by atoms with Gasteiger partial charge in [0.2, 0.25) is 0 Å². The summed E-state index contributed by atoms with van der Waals surface area (Å²) in [6, 6.07) is 18.5. The van der Waals surface area contributed by atoms with E-state index >= 15 is 0 Å². The molecular weight excluding hydrogens is 260 g/mol. The van der Waals surface area contributed by atoms with Gasteiger partial charge in [-0.15, -0.1) is 0 Å². The van der Waals surface area contributed by atoms with Crippen molar-refractivity contribution in [3.63, 3.8) is 0 Å². The number of ether oxygens (including phenoxy) is 1. The first-order valence-corrected chi connectivity index (χ1v) is 7.35. The van der Waals surface area contributed by atoms with Crippen LogP contribution < -0.4 is 9.75 Å². The Morgan fingerprint density at radius 1 is 1.05 bits per heavy atom. The van der Waals surface area contributed by atoms with E-state index in [2.05, 4.69) is 37.1 Å². The highest BCUT2D eigenvalue weighted by Crippen LogP contribution is 2.41. The summed E-state index contributed by atoms with van der Waals surface area (Å²) in [7, 11) is 0. The Hall–Kier alpha value is -2.29. The van der Waals surface area contributed by atoms with Crippen LogP contribution in [0.15, 0.2) is 59.7 Å². The van der Waals surface area contributed by atoms with Crippen molar-refractivity contribution in [3.8, 4) is 5.75 Å². The van der Waals surface area contributed by atoms with Crippen molar-refractivity contribution in [2.75, 3.05) is 11.6 Å². The Kier molecular flexibility index (Phi) is 2.58. The number of benzene rings is 2. The molecular formula is C18H18N2O. The van der Waals surface area contributed by atoms with E-state index in [9.17, 15) is 0 Å². The van der Waals surface area contributed by atoms with Crippen LogP contribution in [0, 0.1) is 5.92 Å². The standard InChI is InChI=1S/C18H18N2O/c1-18(2)15-12-20(13-8-4-3-5-9-13)19-17(15)14-10-6-7-11-16(14)21-18/h3-11,15H,12H2,1-2H3. The number of para-hydroxylation sites is 2. The Bertz CT molecular complexity index is 706. The van der Waals surface area contributed by atoms with Crippen LogP contribution in [0.3, 0.4) is 0 Å². The highest BCUT2D eigenvalue weighted by Gasteiger charge is 2.45. The van der Waals surface area contributed by atoms with Crippen molar-refractivity contribution in [2.45, 2.75) is 19.4 Å². The number of hydrogen-bond acceptors (Lipinski definition) is 3. The van der Waals surface area contributed by atoms with Crippen LogP contribution in [-0.4, -0.2) is 17.9 Å². The van der Waals surface area contributed by atoms with Gasteiger partial charge in [0.15, 0.2) is 0 Å². The van der Waals surface area contributed by atoms with E-state index in [1.54, 1.807) is 0 Å². The molecule has 0 radical (unpaired) electrons. The van der Waals surface area contributed by atoms with Crippen LogP contribution in [0.2, 0.25) is 0 Å². The van der Waals surface area contributed by atoms with E-state index < -0.39 is 0 Å². The molecule has 4 rings (SSSR count). The van der Waals surface area contributed by atoms with Crippen molar-refractivity contribution in [3.05, 3.63) is 60.2 Å². The Morgan fingerprint density at radius 3 is 2.57 bits per heavy atom. The maximum Gasteiger partial charge on any atom is 0.129 e. The smallest absolute Gasteiger partial charge is 0.129 e. The molecule has 0 saturated heterocycles. The SMILES string of the molecule is CC1(C)Oc2ccccc2C2=NN(c3ccccc3)CC21. The highest BCUT2D eigenvalue weighted by atomic mass is 16.5. The zero-order valence-electron chi connectivity index (χ0n) is 12.3. The van der Waals surface area contributed by atoms with E-state index in [-0.39, 0.29) is 11.5 Å². The first-order chi connectivity index (χ1) is 10.1. The summed E-state index contributed by atoms with van der Waals surface area (Å²) in [5.74, 6) is 1.22. The van der Waals surface area contributed by atoms with E-state index in [1.807, 2.05) is 36.4 Å². The maximum absolute atomic E-state index is 6.21. The molecule has 0 fully saturated rings. The predicted molar refractivity (Wildman–Crippen MR) is 85.0 cm³/mol. The van der Waals surface area contributed by atoms with Gasteiger partial charge in [0.1, 0.15) is 11.4 Å². The minimum Gasteiger partial charge on any atom is -0.486 e. The lowest BCUT2D eigenvalue weighted by Crippen LogP contribution is -2.47. The van der Waals surface area contributed by atoms with Gasteiger partial charge < -0.3 is 4.74 Å². The van der Waals surface area contributed by atoms with Gasteiger partial charge in [-0.05, 0) is 38.1 Å². The van der Waals surface area contributed by atoms with Gasteiger partial charge >= 0.3 is 0 Å². The van der Waals surface area contributed by atoms with E-state index in [4.69, 9.17) is 9.84 Å². The van der Waals surface area contributed by atoms with Gasteiger partial charge in [-0.1, -0.05) is 30.3 Å². The normalized spacial score (nSPS) is 22.1. The zero-order chi connectivity index (χ0) is 14.4. The van der Waals surface area contributed by atoms with Crippen molar-refractivity contribution >= 4 is 11.4 Å². The van der Waals surface area contributed by atoms with Crippen LogP contribution in [0.25, 0.3) is 0 Å². The van der Waals surface area contributed by atoms with E-state index in [1.165, 1.54) is 0 Å². The molecule has 1 unspecified atom stereocenters. The lowest BCUT2D eigenvalue weighted by atomic mass is 9.81. The molecule has 1 atom stereocenters. The lowest BCUT2D eigenvalue weighted by molar-refractivity contribution is 0.0710. The van der Waals surface area contributed by atoms with Crippen molar-refractivity contribution in [1.82, 2.24) is 0 Å². The molecule has 3 heteroatoms. The number of rotatable bonds is 1. The third-order valence-electron chi connectivity index (χ3n) is 4.34. The zero-order valence-corrected chi connectivity index (χ0v) is 12.3. The largest absolute Gasteiger partial charge is 0.486 e. The van der Waals surface area contributed by atoms with Crippen molar-refractivity contribution in [2.24, 2.45) is 11.0 Å². The van der Waals surface area contributed by atoms with E-state index in [0.29, 0.717) is 0 Å². The van der Waals surface area contributed by atoms with Gasteiger partial charge in [-0.25, -0.2) is 0 Å². The molecule has 0 amide bonds. The molecule has 2 aliphatic rings. The maximum atomic E-state index is 6.21. The monoisotopic (exact) mass is 278 g/mol. The van der Waals surface area contributed by atoms with Crippen LogP contribution in [0.1, 0.15) is 19.4 Å². The molecule has 0 spiro atoms. The molecule has 0 bridgehead atoms. The second-order valence-corrected chi connectivity index (χ2v) is 6.16. The van der Waals surface area contributed by atoms with Gasteiger partial charge in [-0.3, -0.25) is 5.01 Å². The Labute approximate surface area is 124 Å². The topological polar surface area (TPSA) is 24.8 Å². The number of hydrogen-bond donors (Lipinski definition) is 0. The van der Waals surface area contributed by atoms with E-state index in [0.717, 1.165) is 29.3 Å². The molecule has 2 aromatic rings. The summed E-state index contributed by atoms with van der Waals surface area (Å²) >= 11 is 0. The minimum atomic E-state index is -0.239. The third-order valence-corrected chi connectivity index (χ3v) is 4.34. The summed E-state index contributed by atoms with van der Waals surface area (Å²) in [4.78, 5) is 0. The minimum absolute atomic E-state index is 0.239. The molecule has 106 valence electrons. The van der Waals surface area contributed by atoms with Crippen LogP contribution >= 0.6 is 0 Å². The average Bonchev–Trinajstić information content (AvgIpc) is 2.94. The third kappa shape index (κ3) is 1.92. The first-order valence-electron chi connectivity index (χ1n) is 7.35. The second kappa shape index (κ2) is 4.35. The molecule has 0 saturated carbocycles. The van der Waals surface area contributed by atoms with Gasteiger partial charge in [0.25, 0.3) is 0 Å². The predicted octanol–water partition coefficient (Wildman–Crippen LogP) is 3.70. The summed E-state index contributed by atoms with van der Waals surface area (Å²) in [5, 5.41) is 6.98. The molecule has 2 aromatic carbocycles. The number of anilines is 1. The number of fused-ring (bicyclic) bond motifs is 3. The van der Waals surface area contributed by atoms with Gasteiger partial charge in [0, 0.05) is 5.56 Å². The summed E-state index contributed by atoms with van der Waals surface area (Å²) in [5.41, 5.74) is 3.16. The lowest BCUT2D eigenvalue weighted by Gasteiger charge is -2.38. The Balaban J connectivity index is 1.81. The highest BCUT2D eigenvalue weighted by molar-refractivity contribution is 6.08. The summed E-state index contributed by atoms with van der Waals surface area (Å²) in [6.07, 6.45) is 0. The van der Waals surface area contributed by atoms with Crippen LogP contribution in [0.5, 0.6) is 5.75 Å². The van der Waals surface area contributed by atoms with Crippen LogP contribution in [-0.2, 0) is 0 Å². The fraction of sp³-hybridized carbons (Fsp3) is 0.278. The fourth-order valence-electron chi connectivity index (χ4n) is 3.18. The number of nitrogens with zero attached hydrogens (tertiary/aromatic N) is 2. The van der Waals surface area contributed by atoms with Crippen molar-refractivity contribution < 1.29 is 4.74 Å². The quantitative estimate of drug-likeness (QED) is 0.794. The summed E-state index contributed by atoms with van der Waals surface area (Å²) < 4.78 is 6.21. The molecule has 2 aliphatic heterocycles. The molecule has 0 N–H and O–H groups in total. The Morgan fingerprint density at radius 2 is 1.76 bits per heavy atom. The first kappa shape index (κ1) is 12.5. The van der Waals surface area contributed by atoms with Crippen molar-refractivity contribution in [1.29, 1.82) is 0 Å². The molecule has 21 heavy (non-hydrogen) atoms. The van der Waals surface area contributed by atoms with Crippen LogP contribution in [0.4, 0.5) is 5.69 Å². The molecule has 2 heterocycles. The molecule has 0 aliphatic carbocycles. The molecule has 0 aromatic heterocycles. The van der Waals surface area contributed by atoms with Gasteiger partial charge in [0.05, 0.1) is 23.9 Å². The number of hydrazone groups is 1.